The molecule has 98 valence electrons. The highest BCUT2D eigenvalue weighted by molar-refractivity contribution is 5.90. The van der Waals surface area contributed by atoms with Crippen LogP contribution < -0.4 is 5.32 Å². The number of amides is 1. The number of aromatic nitrogens is 3. The normalized spacial score (nSPS) is 17.8. The molecule has 0 bridgehead atoms. The maximum Gasteiger partial charge on any atom is 0.291 e. The largest absolute Gasteiger partial charge is 0.342 e. The number of rotatable bonds is 2. The first-order chi connectivity index (χ1) is 9.24. The second-order valence-corrected chi connectivity index (χ2v) is 4.86. The molecule has 2 N–H and O–H groups in total. The van der Waals surface area contributed by atoms with E-state index in [1.54, 1.807) is 6.92 Å². The standard InChI is InChI=1S/C14H16N4O/c1-9-15-13(18-17-9)14(19)16-12-8-4-6-10-5-2-3-7-11(10)12/h2-3,5,7,12H,4,6,8H2,1H3,(H,16,19)(H,15,17,18). The molecule has 1 aliphatic rings. The Morgan fingerprint density at radius 1 is 1.42 bits per heavy atom. The van der Waals surface area contributed by atoms with Crippen LogP contribution >= 0.6 is 0 Å². The zero-order valence-corrected chi connectivity index (χ0v) is 10.8. The first-order valence-corrected chi connectivity index (χ1v) is 6.52. The average molecular weight is 256 g/mol. The number of hydrogen-bond donors (Lipinski definition) is 2. The lowest BCUT2D eigenvalue weighted by molar-refractivity contribution is 0.0922. The lowest BCUT2D eigenvalue weighted by atomic mass is 9.88. The van der Waals surface area contributed by atoms with Crippen LogP contribution in [0.2, 0.25) is 0 Å². The van der Waals surface area contributed by atoms with Gasteiger partial charge in [0.2, 0.25) is 5.82 Å². The molecular weight excluding hydrogens is 240 g/mol. The second-order valence-electron chi connectivity index (χ2n) is 4.86. The van der Waals surface area contributed by atoms with E-state index in [1.807, 2.05) is 12.1 Å². The van der Waals surface area contributed by atoms with Crippen LogP contribution in [0.3, 0.4) is 0 Å². The fourth-order valence-corrected chi connectivity index (χ4v) is 2.57. The third kappa shape index (κ3) is 2.36. The Bertz CT molecular complexity index is 605. The topological polar surface area (TPSA) is 70.7 Å². The Hall–Kier alpha value is -2.17. The molecule has 1 unspecified atom stereocenters. The van der Waals surface area contributed by atoms with Crippen molar-refractivity contribution in [3.63, 3.8) is 0 Å². The molecule has 1 aliphatic carbocycles. The number of nitrogens with zero attached hydrogens (tertiary/aromatic N) is 2. The van der Waals surface area contributed by atoms with Gasteiger partial charge in [-0.05, 0) is 37.3 Å². The molecule has 5 nitrogen and oxygen atoms in total. The molecule has 0 saturated heterocycles. The summed E-state index contributed by atoms with van der Waals surface area (Å²) in [6.45, 7) is 1.78. The quantitative estimate of drug-likeness (QED) is 0.862. The number of nitrogens with one attached hydrogen (secondary N) is 2. The molecule has 0 fully saturated rings. The number of benzene rings is 1. The van der Waals surface area contributed by atoms with E-state index in [9.17, 15) is 4.79 Å². The molecule has 19 heavy (non-hydrogen) atoms. The minimum absolute atomic E-state index is 0.0660. The van der Waals surface area contributed by atoms with Gasteiger partial charge in [-0.1, -0.05) is 24.3 Å². The summed E-state index contributed by atoms with van der Waals surface area (Å²) >= 11 is 0. The summed E-state index contributed by atoms with van der Waals surface area (Å²) in [4.78, 5) is 16.1. The van der Waals surface area contributed by atoms with Gasteiger partial charge in [-0.15, -0.1) is 5.10 Å². The van der Waals surface area contributed by atoms with E-state index in [-0.39, 0.29) is 17.8 Å². The number of aromatic amines is 1. The monoisotopic (exact) mass is 256 g/mol. The van der Waals surface area contributed by atoms with E-state index < -0.39 is 0 Å². The molecule has 2 aromatic rings. The van der Waals surface area contributed by atoms with Crippen molar-refractivity contribution in [3.8, 4) is 0 Å². The van der Waals surface area contributed by atoms with Crippen LogP contribution in [-0.4, -0.2) is 21.1 Å². The maximum absolute atomic E-state index is 12.1. The van der Waals surface area contributed by atoms with Crippen molar-refractivity contribution >= 4 is 5.91 Å². The maximum atomic E-state index is 12.1. The van der Waals surface area contributed by atoms with Gasteiger partial charge in [0.25, 0.3) is 5.91 Å². The van der Waals surface area contributed by atoms with Crippen LogP contribution in [0, 0.1) is 6.92 Å². The van der Waals surface area contributed by atoms with E-state index in [0.717, 1.165) is 19.3 Å². The first kappa shape index (κ1) is 11.9. The van der Waals surface area contributed by atoms with Gasteiger partial charge >= 0.3 is 0 Å². The first-order valence-electron chi connectivity index (χ1n) is 6.52. The predicted octanol–water partition coefficient (Wildman–Crippen LogP) is 1.92. The number of fused-ring (bicyclic) bond motifs is 1. The fraction of sp³-hybridized carbons (Fsp3) is 0.357. The molecule has 0 aliphatic heterocycles. The smallest absolute Gasteiger partial charge is 0.291 e. The molecule has 1 atom stereocenters. The van der Waals surface area contributed by atoms with Gasteiger partial charge < -0.3 is 5.32 Å². The molecule has 0 saturated carbocycles. The van der Waals surface area contributed by atoms with E-state index in [2.05, 4.69) is 32.6 Å². The summed E-state index contributed by atoms with van der Waals surface area (Å²) in [7, 11) is 0. The molecule has 1 aromatic heterocycles. The number of hydrogen-bond acceptors (Lipinski definition) is 3. The number of H-pyrrole nitrogens is 1. The molecule has 1 aromatic carbocycles. The van der Waals surface area contributed by atoms with Crippen LogP contribution in [-0.2, 0) is 6.42 Å². The predicted molar refractivity (Wildman–Crippen MR) is 70.7 cm³/mol. The molecule has 3 rings (SSSR count). The average Bonchev–Trinajstić information content (AvgIpc) is 2.86. The van der Waals surface area contributed by atoms with Crippen molar-refractivity contribution in [3.05, 3.63) is 47.0 Å². The van der Waals surface area contributed by atoms with E-state index >= 15 is 0 Å². The van der Waals surface area contributed by atoms with E-state index in [0.29, 0.717) is 5.82 Å². The van der Waals surface area contributed by atoms with Gasteiger partial charge in [-0.25, -0.2) is 4.98 Å². The van der Waals surface area contributed by atoms with Crippen molar-refractivity contribution in [2.75, 3.05) is 0 Å². The lowest BCUT2D eigenvalue weighted by Crippen LogP contribution is -2.31. The fourth-order valence-electron chi connectivity index (χ4n) is 2.57. The van der Waals surface area contributed by atoms with Crippen molar-refractivity contribution in [1.82, 2.24) is 20.5 Å². The Labute approximate surface area is 111 Å². The third-order valence-electron chi connectivity index (χ3n) is 3.48. The van der Waals surface area contributed by atoms with Crippen molar-refractivity contribution in [2.24, 2.45) is 0 Å². The summed E-state index contributed by atoms with van der Waals surface area (Å²) in [5.74, 6) is 0.640. The highest BCUT2D eigenvalue weighted by Crippen LogP contribution is 2.29. The van der Waals surface area contributed by atoms with Crippen LogP contribution in [0.4, 0.5) is 0 Å². The highest BCUT2D eigenvalue weighted by atomic mass is 16.2. The van der Waals surface area contributed by atoms with Gasteiger partial charge in [-0.2, -0.15) is 0 Å². The molecule has 5 heteroatoms. The summed E-state index contributed by atoms with van der Waals surface area (Å²) in [6.07, 6.45) is 3.14. The Morgan fingerprint density at radius 3 is 3.05 bits per heavy atom. The Balaban J connectivity index is 1.79. The lowest BCUT2D eigenvalue weighted by Gasteiger charge is -2.25. The minimum Gasteiger partial charge on any atom is -0.342 e. The summed E-state index contributed by atoms with van der Waals surface area (Å²) in [6, 6.07) is 8.34. The molecule has 0 spiro atoms. The summed E-state index contributed by atoms with van der Waals surface area (Å²) < 4.78 is 0. The van der Waals surface area contributed by atoms with Crippen LogP contribution in [0.25, 0.3) is 0 Å². The molecule has 1 amide bonds. The van der Waals surface area contributed by atoms with Crippen molar-refractivity contribution in [1.29, 1.82) is 0 Å². The van der Waals surface area contributed by atoms with E-state index in [1.165, 1.54) is 11.1 Å². The molecule has 1 heterocycles. The second kappa shape index (κ2) is 4.84. The Morgan fingerprint density at radius 2 is 2.26 bits per heavy atom. The summed E-state index contributed by atoms with van der Waals surface area (Å²) in [5.41, 5.74) is 2.54. The van der Waals surface area contributed by atoms with Gasteiger partial charge in [0.05, 0.1) is 6.04 Å². The molecule has 0 radical (unpaired) electrons. The highest BCUT2D eigenvalue weighted by Gasteiger charge is 2.23. The van der Waals surface area contributed by atoms with Gasteiger partial charge in [0.1, 0.15) is 5.82 Å². The van der Waals surface area contributed by atoms with Crippen LogP contribution in [0.1, 0.15) is 46.5 Å². The minimum atomic E-state index is -0.217. The van der Waals surface area contributed by atoms with E-state index in [4.69, 9.17) is 0 Å². The number of carbonyl (C=O) groups is 1. The SMILES string of the molecule is Cc1nc(C(=O)NC2CCCc3ccccc32)n[nH]1. The summed E-state index contributed by atoms with van der Waals surface area (Å²) in [5, 5.41) is 9.59. The van der Waals surface area contributed by atoms with Crippen molar-refractivity contribution < 1.29 is 4.79 Å². The third-order valence-corrected chi connectivity index (χ3v) is 3.48. The van der Waals surface area contributed by atoms with Gasteiger partial charge in [0.15, 0.2) is 0 Å². The zero-order valence-electron chi connectivity index (χ0n) is 10.8. The number of carbonyl (C=O) groups excluding carboxylic acids is 1. The number of aryl methyl sites for hydroxylation is 2. The Kier molecular flexibility index (Phi) is 3.03. The van der Waals surface area contributed by atoms with Gasteiger partial charge in [-0.3, -0.25) is 9.89 Å². The van der Waals surface area contributed by atoms with Crippen LogP contribution in [0.5, 0.6) is 0 Å². The van der Waals surface area contributed by atoms with Crippen LogP contribution in [0.15, 0.2) is 24.3 Å². The van der Waals surface area contributed by atoms with Crippen molar-refractivity contribution in [2.45, 2.75) is 32.2 Å². The van der Waals surface area contributed by atoms with Gasteiger partial charge in [0, 0.05) is 0 Å². The zero-order chi connectivity index (χ0) is 13.2. The molecular formula is C14H16N4O.